The third-order valence-corrected chi connectivity index (χ3v) is 6.69. The number of primary amides is 1. The topological polar surface area (TPSA) is 74.9 Å². The van der Waals surface area contributed by atoms with E-state index in [2.05, 4.69) is 57.6 Å². The molecule has 4 rings (SSSR count). The number of amides is 1. The van der Waals surface area contributed by atoms with Crippen LogP contribution in [-0.2, 0) is 17.9 Å². The molecule has 166 valence electrons. The number of hydrogen-bond acceptors (Lipinski definition) is 5. The van der Waals surface area contributed by atoms with Gasteiger partial charge in [-0.1, -0.05) is 49.6 Å². The van der Waals surface area contributed by atoms with Gasteiger partial charge in [-0.25, -0.2) is 4.57 Å². The van der Waals surface area contributed by atoms with E-state index >= 15 is 0 Å². The van der Waals surface area contributed by atoms with Gasteiger partial charge in [0.15, 0.2) is 0 Å². The number of nitrogens with two attached hydrogens (primary N) is 1. The summed E-state index contributed by atoms with van der Waals surface area (Å²) >= 11 is 1.49. The lowest BCUT2D eigenvalue weighted by molar-refractivity contribution is -0.679. The Morgan fingerprint density at radius 1 is 1.03 bits per heavy atom. The summed E-state index contributed by atoms with van der Waals surface area (Å²) in [5, 5.41) is 11.5. The lowest BCUT2D eigenvalue weighted by Crippen LogP contribution is -2.36. The quantitative estimate of drug-likeness (QED) is 0.338. The molecular weight excluding hydrogens is 418 g/mol. The number of aromatic nitrogens is 1. The maximum atomic E-state index is 11.1. The van der Waals surface area contributed by atoms with E-state index in [9.17, 15) is 4.79 Å². The maximum absolute atomic E-state index is 11.1. The van der Waals surface area contributed by atoms with Crippen LogP contribution in [0, 0.1) is 0 Å². The van der Waals surface area contributed by atoms with Crippen molar-refractivity contribution in [1.29, 1.82) is 0 Å². The molecular formula is C25H30N5OS+. The average molecular weight is 449 g/mol. The van der Waals surface area contributed by atoms with Crippen LogP contribution in [0.25, 0.3) is 0 Å². The summed E-state index contributed by atoms with van der Waals surface area (Å²) < 4.78 is 1.90. The summed E-state index contributed by atoms with van der Waals surface area (Å²) in [7, 11) is 0. The lowest BCUT2D eigenvalue weighted by Gasteiger charge is -2.36. The van der Waals surface area contributed by atoms with Gasteiger partial charge >= 0.3 is 5.13 Å². The molecule has 1 fully saturated rings. The fourth-order valence-corrected chi connectivity index (χ4v) is 4.90. The van der Waals surface area contributed by atoms with Crippen LogP contribution < -0.4 is 15.2 Å². The highest BCUT2D eigenvalue weighted by molar-refractivity contribution is 7.12. The van der Waals surface area contributed by atoms with E-state index in [1.807, 2.05) is 28.3 Å². The third-order valence-electron chi connectivity index (χ3n) is 5.90. The zero-order valence-electron chi connectivity index (χ0n) is 18.3. The Hall–Kier alpha value is -3.06. The molecule has 7 heteroatoms. The van der Waals surface area contributed by atoms with Gasteiger partial charge in [-0.15, -0.1) is 0 Å². The molecule has 1 saturated carbocycles. The molecule has 0 atom stereocenters. The summed E-state index contributed by atoms with van der Waals surface area (Å²) in [6, 6.07) is 19.6. The summed E-state index contributed by atoms with van der Waals surface area (Å²) in [5.74, 6) is -0.319. The van der Waals surface area contributed by atoms with E-state index < -0.39 is 0 Å². The Balaban J connectivity index is 1.48. The standard InChI is InChI=1S/C25H29N5OS/c26-24(31)15-16-29-17-18-32-25(29)28-27-21-11-13-23(14-12-21)30(22-9-5-2-6-10-22)19-20-7-3-1-4-8-20/h1,3-4,7-8,11-14,17-18,22H,2,5-6,9-10,15-16,19H2,(H-,26,31)/p+1. The number of carbonyl (C=O) groups is 1. The van der Waals surface area contributed by atoms with Crippen molar-refractivity contribution in [2.45, 2.75) is 57.7 Å². The van der Waals surface area contributed by atoms with Crippen LogP contribution in [0.15, 0.2) is 76.4 Å². The Kier molecular flexibility index (Phi) is 7.61. The Morgan fingerprint density at radius 2 is 1.78 bits per heavy atom. The van der Waals surface area contributed by atoms with Gasteiger partial charge in [-0.2, -0.15) is 0 Å². The molecule has 2 aromatic carbocycles. The monoisotopic (exact) mass is 448 g/mol. The number of anilines is 1. The van der Waals surface area contributed by atoms with Gasteiger partial charge in [0, 0.05) is 23.7 Å². The average Bonchev–Trinajstić information content (AvgIpc) is 3.29. The first kappa shape index (κ1) is 22.1. The van der Waals surface area contributed by atoms with Crippen molar-refractivity contribution in [2.24, 2.45) is 16.0 Å². The first-order chi connectivity index (χ1) is 15.7. The molecule has 1 heterocycles. The fourth-order valence-electron chi connectivity index (χ4n) is 4.19. The van der Waals surface area contributed by atoms with Crippen LogP contribution in [0.3, 0.4) is 0 Å². The van der Waals surface area contributed by atoms with Crippen LogP contribution in [0.5, 0.6) is 0 Å². The van der Waals surface area contributed by atoms with Crippen molar-refractivity contribution >= 4 is 33.8 Å². The first-order valence-electron chi connectivity index (χ1n) is 11.3. The van der Waals surface area contributed by atoms with Crippen molar-refractivity contribution in [3.8, 4) is 0 Å². The van der Waals surface area contributed by atoms with E-state index in [0.717, 1.165) is 17.4 Å². The van der Waals surface area contributed by atoms with Crippen molar-refractivity contribution in [1.82, 2.24) is 0 Å². The second kappa shape index (κ2) is 11.0. The van der Waals surface area contributed by atoms with Crippen molar-refractivity contribution in [3.63, 3.8) is 0 Å². The van der Waals surface area contributed by atoms with Crippen LogP contribution >= 0.6 is 11.3 Å². The highest BCUT2D eigenvalue weighted by Crippen LogP contribution is 2.30. The maximum Gasteiger partial charge on any atom is 0.408 e. The SMILES string of the molecule is NC(=O)CC[n+]1ccsc1N=Nc1ccc(N(Cc2ccccc2)C2CCCCC2)cc1. The summed E-state index contributed by atoms with van der Waals surface area (Å²) in [4.78, 5) is 13.6. The number of rotatable bonds is 9. The van der Waals surface area contributed by atoms with Gasteiger partial charge in [0.05, 0.1) is 11.5 Å². The minimum Gasteiger partial charge on any atom is -0.370 e. The number of azo groups is 1. The molecule has 0 radical (unpaired) electrons. The zero-order chi connectivity index (χ0) is 22.2. The second-order valence-corrected chi connectivity index (χ2v) is 9.09. The Bertz CT molecular complexity index is 1030. The van der Waals surface area contributed by atoms with Gasteiger partial charge in [-0.3, -0.25) is 4.79 Å². The molecule has 1 aliphatic carbocycles. The summed E-state index contributed by atoms with van der Waals surface area (Å²) in [5.41, 5.74) is 8.63. The summed E-state index contributed by atoms with van der Waals surface area (Å²) in [6.07, 6.45) is 8.64. The number of thiazole rings is 1. The Morgan fingerprint density at radius 3 is 2.50 bits per heavy atom. The number of aryl methyl sites for hydroxylation is 1. The summed E-state index contributed by atoms with van der Waals surface area (Å²) in [6.45, 7) is 1.43. The lowest BCUT2D eigenvalue weighted by atomic mass is 9.93. The van der Waals surface area contributed by atoms with E-state index in [4.69, 9.17) is 5.73 Å². The Labute approximate surface area is 193 Å². The largest absolute Gasteiger partial charge is 0.408 e. The van der Waals surface area contributed by atoms with E-state index in [1.54, 1.807) is 0 Å². The zero-order valence-corrected chi connectivity index (χ0v) is 19.1. The smallest absolute Gasteiger partial charge is 0.370 e. The molecule has 1 amide bonds. The van der Waals surface area contributed by atoms with Gasteiger partial charge in [0.2, 0.25) is 5.91 Å². The number of benzene rings is 2. The van der Waals surface area contributed by atoms with Crippen LogP contribution in [-0.4, -0.2) is 11.9 Å². The number of hydrogen-bond donors (Lipinski definition) is 1. The normalized spacial score (nSPS) is 14.6. The molecule has 32 heavy (non-hydrogen) atoms. The molecule has 6 nitrogen and oxygen atoms in total. The predicted octanol–water partition coefficient (Wildman–Crippen LogP) is 5.67. The molecule has 3 aromatic rings. The van der Waals surface area contributed by atoms with Crippen LogP contribution in [0.1, 0.15) is 44.1 Å². The van der Waals surface area contributed by atoms with Gasteiger partial charge < -0.3 is 10.6 Å². The molecule has 0 aliphatic heterocycles. The minimum absolute atomic E-state index is 0.289. The van der Waals surface area contributed by atoms with Gasteiger partial charge in [0.1, 0.15) is 18.4 Å². The molecule has 0 unspecified atom stereocenters. The molecule has 1 aromatic heterocycles. The number of carbonyl (C=O) groups excluding carboxylic acids is 1. The molecule has 1 aliphatic rings. The van der Waals surface area contributed by atoms with Crippen LogP contribution in [0.4, 0.5) is 16.5 Å². The van der Waals surface area contributed by atoms with Crippen molar-refractivity contribution in [2.75, 3.05) is 4.90 Å². The number of nitrogens with zero attached hydrogens (tertiary/aromatic N) is 4. The predicted molar refractivity (Wildman–Crippen MR) is 128 cm³/mol. The molecule has 0 bridgehead atoms. The first-order valence-corrected chi connectivity index (χ1v) is 12.1. The van der Waals surface area contributed by atoms with Gasteiger partial charge in [0.25, 0.3) is 0 Å². The van der Waals surface area contributed by atoms with E-state index in [-0.39, 0.29) is 12.3 Å². The fraction of sp³-hybridized carbons (Fsp3) is 0.360. The van der Waals surface area contributed by atoms with E-state index in [1.165, 1.54) is 54.7 Å². The highest BCUT2D eigenvalue weighted by Gasteiger charge is 2.22. The molecule has 0 saturated heterocycles. The molecule has 2 N–H and O–H groups in total. The molecule has 0 spiro atoms. The second-order valence-electron chi connectivity index (χ2n) is 8.22. The van der Waals surface area contributed by atoms with Crippen LogP contribution in [0.2, 0.25) is 0 Å². The minimum atomic E-state index is -0.319. The third kappa shape index (κ3) is 6.01. The van der Waals surface area contributed by atoms with Crippen molar-refractivity contribution in [3.05, 3.63) is 71.7 Å². The van der Waals surface area contributed by atoms with Crippen molar-refractivity contribution < 1.29 is 9.36 Å². The highest BCUT2D eigenvalue weighted by atomic mass is 32.1. The van der Waals surface area contributed by atoms with Gasteiger partial charge in [-0.05, 0) is 59.1 Å². The van der Waals surface area contributed by atoms with E-state index in [0.29, 0.717) is 12.6 Å².